The van der Waals surface area contributed by atoms with E-state index >= 15 is 0 Å². The van der Waals surface area contributed by atoms with Gasteiger partial charge in [-0.15, -0.1) is 0 Å². The van der Waals surface area contributed by atoms with Crippen LogP contribution < -0.4 is 10.0 Å². The van der Waals surface area contributed by atoms with Crippen molar-refractivity contribution < 1.29 is 28.3 Å². The molecule has 1 aliphatic heterocycles. The van der Waals surface area contributed by atoms with Crippen LogP contribution in [0.25, 0.3) is 33.1 Å². The molecule has 0 bridgehead atoms. The van der Waals surface area contributed by atoms with Gasteiger partial charge in [-0.05, 0) is 42.0 Å². The predicted molar refractivity (Wildman–Crippen MR) is 123 cm³/mol. The molecule has 0 saturated heterocycles. The van der Waals surface area contributed by atoms with Crippen molar-refractivity contribution >= 4 is 56.6 Å². The van der Waals surface area contributed by atoms with Crippen LogP contribution in [-0.2, 0) is 0 Å². The number of imide groups is 1. The normalized spacial score (nSPS) is 13.0. The van der Waals surface area contributed by atoms with E-state index in [0.717, 1.165) is 15.7 Å². The van der Waals surface area contributed by atoms with Crippen LogP contribution in [0.1, 0.15) is 31.1 Å². The number of para-hydroxylation sites is 2. The van der Waals surface area contributed by atoms with Crippen LogP contribution in [0, 0.1) is 0 Å². The number of anilines is 1. The maximum absolute atomic E-state index is 13.2. The van der Waals surface area contributed by atoms with Gasteiger partial charge in [-0.1, -0.05) is 48.5 Å². The third-order valence-corrected chi connectivity index (χ3v) is 5.80. The van der Waals surface area contributed by atoms with Crippen LogP contribution in [0.2, 0.25) is 0 Å². The van der Waals surface area contributed by atoms with Crippen molar-refractivity contribution in [3.05, 3.63) is 102 Å². The van der Waals surface area contributed by atoms with Crippen LogP contribution in [0.4, 0.5) is 5.69 Å². The molecule has 0 aliphatic carbocycles. The highest BCUT2D eigenvalue weighted by molar-refractivity contribution is 6.35. The Labute approximate surface area is 191 Å². The Bertz CT molecular complexity index is 1640. The number of hydrogen-bond donors (Lipinski definition) is 0. The lowest BCUT2D eigenvalue weighted by molar-refractivity contribution is -0.255. The van der Waals surface area contributed by atoms with E-state index in [4.69, 9.17) is 8.83 Å². The average Bonchev–Trinajstić information content (AvgIpc) is 3.08. The van der Waals surface area contributed by atoms with E-state index < -0.39 is 17.8 Å². The van der Waals surface area contributed by atoms with Gasteiger partial charge < -0.3 is 18.7 Å². The van der Waals surface area contributed by atoms with Crippen molar-refractivity contribution in [1.82, 2.24) is 0 Å². The molecule has 0 unspecified atom stereocenters. The topological polar surface area (TPSA) is 104 Å². The Morgan fingerprint density at radius 2 is 1.18 bits per heavy atom. The number of carboxylic acid groups (broad SMARTS) is 1. The van der Waals surface area contributed by atoms with E-state index in [9.17, 15) is 19.5 Å². The van der Waals surface area contributed by atoms with E-state index in [2.05, 4.69) is 0 Å². The van der Waals surface area contributed by atoms with E-state index in [1.165, 1.54) is 36.4 Å². The number of carboxylic acids is 1. The smallest absolute Gasteiger partial charge is 0.266 e. The predicted octanol–water partition coefficient (Wildman–Crippen LogP) is 4.62. The van der Waals surface area contributed by atoms with Gasteiger partial charge in [0.1, 0.15) is 11.2 Å². The van der Waals surface area contributed by atoms with Crippen molar-refractivity contribution in [3.8, 4) is 0 Å². The molecule has 5 aromatic rings. The quantitative estimate of drug-likeness (QED) is 0.365. The number of rotatable bonds is 2. The molecule has 7 heteroatoms. The Balaban J connectivity index is 1.62. The summed E-state index contributed by atoms with van der Waals surface area (Å²) in [6, 6.07) is 23.4. The summed E-state index contributed by atoms with van der Waals surface area (Å²) in [7, 11) is 0. The standard InChI is InChI=1S/C27H15NO6/c29-25-19-13-23-24(14-20(19)26(30)28(25)16-7-5-6-15(12-16)27(31)32)34-22-11-4-2-9-18(22)17-8-1-3-10-21(17)33-23/h1-14H,(H,31,32)/p-1. The third-order valence-electron chi connectivity index (χ3n) is 5.80. The minimum absolute atomic E-state index is 0.137. The van der Waals surface area contributed by atoms with E-state index in [0.29, 0.717) is 11.2 Å². The van der Waals surface area contributed by atoms with Gasteiger partial charge in [-0.2, -0.15) is 0 Å². The van der Waals surface area contributed by atoms with Crippen molar-refractivity contribution in [1.29, 1.82) is 0 Å². The van der Waals surface area contributed by atoms with E-state index in [1.807, 2.05) is 48.5 Å². The summed E-state index contributed by atoms with van der Waals surface area (Å²) in [5.74, 6) is -2.57. The highest BCUT2D eigenvalue weighted by Crippen LogP contribution is 2.34. The monoisotopic (exact) mass is 448 g/mol. The van der Waals surface area contributed by atoms with Gasteiger partial charge in [0.05, 0.1) is 22.8 Å². The third kappa shape index (κ3) is 2.95. The second-order valence-corrected chi connectivity index (χ2v) is 7.82. The minimum Gasteiger partial charge on any atom is -0.545 e. The molecule has 2 heterocycles. The lowest BCUT2D eigenvalue weighted by atomic mass is 10.1. The second-order valence-electron chi connectivity index (χ2n) is 7.82. The summed E-state index contributed by atoms with van der Waals surface area (Å²) >= 11 is 0. The largest absolute Gasteiger partial charge is 0.545 e. The van der Waals surface area contributed by atoms with Gasteiger partial charge >= 0.3 is 0 Å². The first-order chi connectivity index (χ1) is 16.5. The molecule has 7 nitrogen and oxygen atoms in total. The molecule has 6 rings (SSSR count). The molecule has 2 amide bonds. The number of fused-ring (bicyclic) bond motifs is 5. The second kappa shape index (κ2) is 7.31. The van der Waals surface area contributed by atoms with Crippen molar-refractivity contribution in [3.63, 3.8) is 0 Å². The molecular formula is C27H14NO6-. The van der Waals surface area contributed by atoms with Crippen LogP contribution in [-0.4, -0.2) is 17.8 Å². The summed E-state index contributed by atoms with van der Waals surface area (Å²) in [5, 5.41) is 12.9. The fourth-order valence-corrected chi connectivity index (χ4v) is 4.21. The molecule has 0 saturated carbocycles. The first-order valence-corrected chi connectivity index (χ1v) is 10.4. The van der Waals surface area contributed by atoms with Gasteiger partial charge in [0, 0.05) is 10.8 Å². The molecule has 0 radical (unpaired) electrons. The molecular weight excluding hydrogens is 434 g/mol. The zero-order valence-electron chi connectivity index (χ0n) is 17.5. The molecule has 164 valence electrons. The molecule has 1 aliphatic rings. The fraction of sp³-hybridized carbons (Fsp3) is 0. The lowest BCUT2D eigenvalue weighted by Gasteiger charge is -2.15. The molecule has 1 aromatic heterocycles. The van der Waals surface area contributed by atoms with Gasteiger partial charge in [0.25, 0.3) is 11.8 Å². The molecule has 34 heavy (non-hydrogen) atoms. The van der Waals surface area contributed by atoms with Gasteiger partial charge in [0.2, 0.25) is 0 Å². The SMILES string of the molecule is O=C([O-])c1cccc(N2C(=O)c3cc4oc5ccccc5c5ccccc5oc4cc3C2=O)c1. The number of aromatic carboxylic acids is 1. The average molecular weight is 448 g/mol. The number of hydrogen-bond acceptors (Lipinski definition) is 6. The lowest BCUT2D eigenvalue weighted by Crippen LogP contribution is -2.30. The molecule has 0 spiro atoms. The minimum atomic E-state index is -1.40. The van der Waals surface area contributed by atoms with Gasteiger partial charge in [0.15, 0.2) is 11.2 Å². The van der Waals surface area contributed by atoms with E-state index in [1.54, 1.807) is 0 Å². The number of carbonyl (C=O) groups excluding carboxylic acids is 3. The molecule has 4 aromatic carbocycles. The first-order valence-electron chi connectivity index (χ1n) is 10.4. The number of nitrogens with zero attached hydrogens (tertiary/aromatic N) is 1. The number of carbonyl (C=O) groups is 3. The first kappa shape index (κ1) is 19.8. The summed E-state index contributed by atoms with van der Waals surface area (Å²) in [6.45, 7) is 0. The summed E-state index contributed by atoms with van der Waals surface area (Å²) < 4.78 is 12.3. The maximum atomic E-state index is 13.2. The number of benzene rings is 4. The van der Waals surface area contributed by atoms with Crippen molar-refractivity contribution in [2.24, 2.45) is 0 Å². The summed E-state index contributed by atoms with van der Waals surface area (Å²) in [4.78, 5) is 38.6. The molecule has 0 fully saturated rings. The zero-order chi connectivity index (χ0) is 23.4. The van der Waals surface area contributed by atoms with Crippen molar-refractivity contribution in [2.75, 3.05) is 4.90 Å². The van der Waals surface area contributed by atoms with Crippen LogP contribution in [0.15, 0.2) is 93.8 Å². The fourth-order valence-electron chi connectivity index (χ4n) is 4.21. The Hall–Kier alpha value is -4.91. The number of amides is 2. The van der Waals surface area contributed by atoms with Crippen LogP contribution in [0.5, 0.6) is 0 Å². The molecule has 0 N–H and O–H groups in total. The summed E-state index contributed by atoms with van der Waals surface area (Å²) in [5.41, 5.74) is 2.00. The van der Waals surface area contributed by atoms with Gasteiger partial charge in [-0.3, -0.25) is 9.59 Å². The van der Waals surface area contributed by atoms with Gasteiger partial charge in [-0.25, -0.2) is 4.90 Å². The maximum Gasteiger partial charge on any atom is 0.266 e. The molecule has 0 atom stereocenters. The Morgan fingerprint density at radius 1 is 0.647 bits per heavy atom. The highest BCUT2D eigenvalue weighted by Gasteiger charge is 2.37. The van der Waals surface area contributed by atoms with E-state index in [-0.39, 0.29) is 33.5 Å². The Kier molecular flexibility index (Phi) is 4.25. The Morgan fingerprint density at radius 3 is 1.71 bits per heavy atom. The highest BCUT2D eigenvalue weighted by atomic mass is 16.4. The zero-order valence-corrected chi connectivity index (χ0v) is 17.5. The van der Waals surface area contributed by atoms with Crippen LogP contribution >= 0.6 is 0 Å². The van der Waals surface area contributed by atoms with Crippen LogP contribution in [0.3, 0.4) is 0 Å². The van der Waals surface area contributed by atoms with Crippen molar-refractivity contribution in [2.45, 2.75) is 0 Å². The summed E-state index contributed by atoms with van der Waals surface area (Å²) in [6.07, 6.45) is 0.